The Morgan fingerprint density at radius 2 is 1.94 bits per heavy atom. The molecule has 0 heterocycles. The third kappa shape index (κ3) is 3.24. The minimum absolute atomic E-state index is 0.150. The molecule has 0 saturated carbocycles. The molecule has 0 saturated heterocycles. The van der Waals surface area contributed by atoms with Crippen molar-refractivity contribution in [2.45, 2.75) is 13.3 Å². The predicted octanol–water partition coefficient (Wildman–Crippen LogP) is 1.18. The summed E-state index contributed by atoms with van der Waals surface area (Å²) >= 11 is 0. The number of benzene rings is 1. The maximum atomic E-state index is 11.3. The lowest BCUT2D eigenvalue weighted by molar-refractivity contribution is -0.394. The summed E-state index contributed by atoms with van der Waals surface area (Å²) in [4.78, 5) is 31.2. The fraction of sp³-hybridized carbons (Fsp3) is 0.300. The smallest absolute Gasteiger partial charge is 0.279 e. The first-order valence-corrected chi connectivity index (χ1v) is 5.14. The van der Waals surface area contributed by atoms with Crippen LogP contribution in [0.3, 0.4) is 0 Å². The molecule has 96 valence electrons. The fourth-order valence-corrected chi connectivity index (χ4v) is 1.42. The number of rotatable bonds is 5. The second kappa shape index (κ2) is 5.71. The minimum Gasteiger partial charge on any atom is -0.356 e. The SMILES string of the molecule is CCNC(=O)Cc1ccc([N+](=O)[O-])cc1[N+](=O)[O-]. The zero-order valence-electron chi connectivity index (χ0n) is 9.58. The molecule has 18 heavy (non-hydrogen) atoms. The van der Waals surface area contributed by atoms with Crippen LogP contribution in [0.4, 0.5) is 11.4 Å². The second-order valence-electron chi connectivity index (χ2n) is 3.46. The van der Waals surface area contributed by atoms with Crippen LogP contribution in [0.15, 0.2) is 18.2 Å². The Bertz CT molecular complexity index is 500. The lowest BCUT2D eigenvalue weighted by Crippen LogP contribution is -2.24. The zero-order chi connectivity index (χ0) is 13.7. The zero-order valence-corrected chi connectivity index (χ0v) is 9.58. The first-order valence-electron chi connectivity index (χ1n) is 5.14. The van der Waals surface area contributed by atoms with Crippen LogP contribution in [0, 0.1) is 20.2 Å². The van der Waals surface area contributed by atoms with Crippen molar-refractivity contribution in [3.8, 4) is 0 Å². The van der Waals surface area contributed by atoms with Crippen LogP contribution >= 0.6 is 0 Å². The topological polar surface area (TPSA) is 115 Å². The molecule has 0 aliphatic rings. The van der Waals surface area contributed by atoms with Crippen molar-refractivity contribution in [3.63, 3.8) is 0 Å². The van der Waals surface area contributed by atoms with Crippen molar-refractivity contribution in [1.29, 1.82) is 0 Å². The fourth-order valence-electron chi connectivity index (χ4n) is 1.42. The number of nitrogens with one attached hydrogen (secondary N) is 1. The van der Waals surface area contributed by atoms with Gasteiger partial charge in [0, 0.05) is 18.2 Å². The molecule has 0 aromatic heterocycles. The normalized spacial score (nSPS) is 9.83. The summed E-state index contributed by atoms with van der Waals surface area (Å²) in [6.45, 7) is 2.14. The highest BCUT2D eigenvalue weighted by atomic mass is 16.6. The third-order valence-electron chi connectivity index (χ3n) is 2.20. The molecule has 1 rings (SSSR count). The molecule has 0 aliphatic carbocycles. The predicted molar refractivity (Wildman–Crippen MR) is 62.1 cm³/mol. The van der Waals surface area contributed by atoms with Gasteiger partial charge in [-0.15, -0.1) is 0 Å². The molecular formula is C10H11N3O5. The van der Waals surface area contributed by atoms with E-state index in [2.05, 4.69) is 5.32 Å². The summed E-state index contributed by atoms with van der Waals surface area (Å²) in [6, 6.07) is 3.22. The number of non-ortho nitro benzene ring substituents is 1. The molecular weight excluding hydrogens is 242 g/mol. The van der Waals surface area contributed by atoms with Crippen LogP contribution in [0.5, 0.6) is 0 Å². The number of likely N-dealkylation sites (N-methyl/N-ethyl adjacent to an activating group) is 1. The Hall–Kier alpha value is -2.51. The van der Waals surface area contributed by atoms with E-state index < -0.39 is 15.5 Å². The summed E-state index contributed by atoms with van der Waals surface area (Å²) in [5, 5.41) is 23.8. The molecule has 1 amide bonds. The largest absolute Gasteiger partial charge is 0.356 e. The first-order chi connectivity index (χ1) is 8.45. The third-order valence-corrected chi connectivity index (χ3v) is 2.20. The number of carbonyl (C=O) groups is 1. The Kier molecular flexibility index (Phi) is 4.30. The van der Waals surface area contributed by atoms with E-state index in [0.29, 0.717) is 6.54 Å². The Morgan fingerprint density at radius 3 is 2.44 bits per heavy atom. The molecule has 8 heteroatoms. The van der Waals surface area contributed by atoms with Crippen molar-refractivity contribution < 1.29 is 14.6 Å². The summed E-state index contributed by atoms with van der Waals surface area (Å²) in [6.07, 6.45) is -0.178. The molecule has 0 bridgehead atoms. The maximum absolute atomic E-state index is 11.3. The van der Waals surface area contributed by atoms with Crippen LogP contribution in [0.2, 0.25) is 0 Å². The quantitative estimate of drug-likeness (QED) is 0.624. The van der Waals surface area contributed by atoms with Crippen LogP contribution in [0.1, 0.15) is 12.5 Å². The molecule has 0 aliphatic heterocycles. The van der Waals surface area contributed by atoms with Crippen molar-refractivity contribution >= 4 is 17.3 Å². The van der Waals surface area contributed by atoms with Gasteiger partial charge in [0.15, 0.2) is 0 Å². The average molecular weight is 253 g/mol. The number of carbonyl (C=O) groups excluding carboxylic acids is 1. The highest BCUT2D eigenvalue weighted by Gasteiger charge is 2.20. The van der Waals surface area contributed by atoms with Gasteiger partial charge in [0.05, 0.1) is 22.3 Å². The highest BCUT2D eigenvalue weighted by molar-refractivity contribution is 5.79. The number of amides is 1. The van der Waals surface area contributed by atoms with Crippen LogP contribution in [0.25, 0.3) is 0 Å². The second-order valence-corrected chi connectivity index (χ2v) is 3.46. The number of nitrogens with zero attached hydrogens (tertiary/aromatic N) is 2. The summed E-state index contributed by atoms with van der Waals surface area (Å²) in [5.41, 5.74) is -0.645. The van der Waals surface area contributed by atoms with E-state index >= 15 is 0 Å². The monoisotopic (exact) mass is 253 g/mol. The number of hydrogen-bond acceptors (Lipinski definition) is 5. The van der Waals surface area contributed by atoms with Gasteiger partial charge in [-0.05, 0) is 13.0 Å². The number of nitro benzene ring substituents is 2. The van der Waals surface area contributed by atoms with Crippen molar-refractivity contribution in [1.82, 2.24) is 5.32 Å². The molecule has 8 nitrogen and oxygen atoms in total. The van der Waals surface area contributed by atoms with E-state index in [9.17, 15) is 25.0 Å². The van der Waals surface area contributed by atoms with Crippen LogP contribution < -0.4 is 5.32 Å². The van der Waals surface area contributed by atoms with E-state index in [1.54, 1.807) is 6.92 Å². The van der Waals surface area contributed by atoms with Gasteiger partial charge in [0.2, 0.25) is 5.91 Å². The molecule has 1 aromatic carbocycles. The van der Waals surface area contributed by atoms with E-state index in [0.717, 1.165) is 12.1 Å². The molecule has 0 atom stereocenters. The lowest BCUT2D eigenvalue weighted by Gasteiger charge is -2.03. The van der Waals surface area contributed by atoms with Crippen LogP contribution in [-0.2, 0) is 11.2 Å². The van der Waals surface area contributed by atoms with Gasteiger partial charge in [0.25, 0.3) is 11.4 Å². The summed E-state index contributed by atoms with van der Waals surface area (Å²) in [7, 11) is 0. The standard InChI is InChI=1S/C10H11N3O5/c1-2-11-10(14)5-7-3-4-8(12(15)16)6-9(7)13(17)18/h3-4,6H,2,5H2,1H3,(H,11,14). The van der Waals surface area contributed by atoms with Crippen molar-refractivity contribution in [3.05, 3.63) is 44.0 Å². The number of hydrogen-bond donors (Lipinski definition) is 1. The molecule has 0 fully saturated rings. The molecule has 1 N–H and O–H groups in total. The summed E-state index contributed by atoms with van der Waals surface area (Å²) in [5.74, 6) is -0.366. The van der Waals surface area contributed by atoms with E-state index in [-0.39, 0.29) is 23.6 Å². The highest BCUT2D eigenvalue weighted by Crippen LogP contribution is 2.24. The molecule has 0 radical (unpaired) electrons. The van der Waals surface area contributed by atoms with E-state index in [4.69, 9.17) is 0 Å². The van der Waals surface area contributed by atoms with E-state index in [1.165, 1.54) is 6.07 Å². The molecule has 1 aromatic rings. The van der Waals surface area contributed by atoms with Crippen molar-refractivity contribution in [2.24, 2.45) is 0 Å². The van der Waals surface area contributed by atoms with E-state index in [1.807, 2.05) is 0 Å². The van der Waals surface area contributed by atoms with Gasteiger partial charge in [-0.3, -0.25) is 25.0 Å². The Labute approximate surface area is 102 Å². The lowest BCUT2D eigenvalue weighted by atomic mass is 10.1. The van der Waals surface area contributed by atoms with Gasteiger partial charge in [-0.25, -0.2) is 0 Å². The van der Waals surface area contributed by atoms with Gasteiger partial charge in [0.1, 0.15) is 0 Å². The van der Waals surface area contributed by atoms with Crippen molar-refractivity contribution in [2.75, 3.05) is 6.54 Å². The molecule has 0 unspecified atom stereocenters. The average Bonchev–Trinajstić information content (AvgIpc) is 2.29. The molecule has 0 spiro atoms. The van der Waals surface area contributed by atoms with Gasteiger partial charge < -0.3 is 5.32 Å². The Morgan fingerprint density at radius 1 is 1.28 bits per heavy atom. The summed E-state index contributed by atoms with van der Waals surface area (Å²) < 4.78 is 0. The first kappa shape index (κ1) is 13.6. The van der Waals surface area contributed by atoms with Gasteiger partial charge in [-0.2, -0.15) is 0 Å². The maximum Gasteiger partial charge on any atom is 0.279 e. The minimum atomic E-state index is -0.735. The van der Waals surface area contributed by atoms with Gasteiger partial charge in [-0.1, -0.05) is 0 Å². The van der Waals surface area contributed by atoms with Gasteiger partial charge >= 0.3 is 0 Å². The number of nitro groups is 2. The van der Waals surface area contributed by atoms with Crippen LogP contribution in [-0.4, -0.2) is 22.3 Å². The Balaban J connectivity index is 3.08.